The highest BCUT2D eigenvalue weighted by atomic mass is 16.5. The molecule has 8 heteroatoms. The number of guanidine groups is 1. The molecule has 0 spiro atoms. The number of nitrogens with two attached hydrogens (primary N) is 2. The Balaban J connectivity index is 2.96. The van der Waals surface area contributed by atoms with Crippen LogP contribution >= 0.6 is 0 Å². The molecule has 0 aliphatic heterocycles. The molecule has 0 saturated carbocycles. The minimum atomic E-state index is -1.56. The summed E-state index contributed by atoms with van der Waals surface area (Å²) in [7, 11) is -1.56. The van der Waals surface area contributed by atoms with E-state index in [0.29, 0.717) is 23.4 Å². The van der Waals surface area contributed by atoms with E-state index in [9.17, 15) is 0 Å². The van der Waals surface area contributed by atoms with Crippen molar-refractivity contribution in [1.82, 2.24) is 0 Å². The topological polar surface area (TPSA) is 126 Å². The van der Waals surface area contributed by atoms with E-state index >= 15 is 0 Å². The summed E-state index contributed by atoms with van der Waals surface area (Å²) in [5.74, 6) is 0.422. The third kappa shape index (κ3) is 5.29. The molecule has 0 amide bonds. The van der Waals surface area contributed by atoms with Gasteiger partial charge in [0.05, 0.1) is 12.8 Å². The fourth-order valence-corrected chi connectivity index (χ4v) is 1.44. The predicted molar refractivity (Wildman–Crippen MR) is 80.1 cm³/mol. The van der Waals surface area contributed by atoms with Gasteiger partial charge in [-0.25, -0.2) is 0 Å². The highest BCUT2D eigenvalue weighted by Crippen LogP contribution is 2.15. The van der Waals surface area contributed by atoms with Crippen molar-refractivity contribution in [3.63, 3.8) is 0 Å². The van der Waals surface area contributed by atoms with Gasteiger partial charge in [-0.15, -0.1) is 5.10 Å². The molecule has 6 N–H and O–H groups in total. The molecule has 108 valence electrons. The van der Waals surface area contributed by atoms with Gasteiger partial charge >= 0.3 is 7.12 Å². The quantitative estimate of drug-likeness (QED) is 0.170. The van der Waals surface area contributed by atoms with Gasteiger partial charge in [0.15, 0.2) is 0 Å². The van der Waals surface area contributed by atoms with Gasteiger partial charge in [-0.05, 0) is 24.0 Å². The van der Waals surface area contributed by atoms with Crippen LogP contribution < -0.4 is 21.7 Å². The van der Waals surface area contributed by atoms with Crippen LogP contribution in [0.15, 0.2) is 28.4 Å². The standard InChI is InChI=1S/C12H19BN4O3/c1-2-3-6-20-11-5-4-10(13(18)19)7-9(11)8-16-17-12(14)15/h4-5,7-8,18-19H,2-3,6H2,1H3,(H4,14,15,17). The molecular formula is C12H19BN4O3. The largest absolute Gasteiger partial charge is 0.493 e. The monoisotopic (exact) mass is 278 g/mol. The van der Waals surface area contributed by atoms with Crippen LogP contribution in [0, 0.1) is 0 Å². The second kappa shape index (κ2) is 8.18. The van der Waals surface area contributed by atoms with E-state index < -0.39 is 7.12 Å². The second-order valence-electron chi connectivity index (χ2n) is 4.14. The summed E-state index contributed by atoms with van der Waals surface area (Å²) in [5.41, 5.74) is 11.2. The summed E-state index contributed by atoms with van der Waals surface area (Å²) in [6.45, 7) is 2.64. The number of hydrogen-bond acceptors (Lipinski definition) is 5. The molecule has 0 aliphatic carbocycles. The van der Waals surface area contributed by atoms with Gasteiger partial charge in [0.1, 0.15) is 5.75 Å². The van der Waals surface area contributed by atoms with Gasteiger partial charge in [-0.3, -0.25) is 0 Å². The van der Waals surface area contributed by atoms with Crippen LogP contribution in [-0.2, 0) is 0 Å². The van der Waals surface area contributed by atoms with Crippen molar-refractivity contribution in [2.45, 2.75) is 19.8 Å². The van der Waals surface area contributed by atoms with Gasteiger partial charge in [0.25, 0.3) is 0 Å². The Kier molecular flexibility index (Phi) is 6.55. The lowest BCUT2D eigenvalue weighted by atomic mass is 9.79. The average molecular weight is 278 g/mol. The molecule has 7 nitrogen and oxygen atoms in total. The number of rotatable bonds is 7. The Labute approximate surface area is 118 Å². The minimum absolute atomic E-state index is 0.159. The summed E-state index contributed by atoms with van der Waals surface area (Å²) >= 11 is 0. The van der Waals surface area contributed by atoms with E-state index in [4.69, 9.17) is 26.3 Å². The molecule has 0 heterocycles. The van der Waals surface area contributed by atoms with Crippen molar-refractivity contribution < 1.29 is 14.8 Å². The van der Waals surface area contributed by atoms with E-state index in [1.807, 2.05) is 0 Å². The summed E-state index contributed by atoms with van der Waals surface area (Å²) in [4.78, 5) is 0. The smallest absolute Gasteiger partial charge is 0.488 e. The van der Waals surface area contributed by atoms with E-state index in [0.717, 1.165) is 12.8 Å². The third-order valence-electron chi connectivity index (χ3n) is 2.46. The summed E-state index contributed by atoms with van der Waals surface area (Å²) in [6.07, 6.45) is 3.34. The average Bonchev–Trinajstić information content (AvgIpc) is 2.39. The van der Waals surface area contributed by atoms with Crippen molar-refractivity contribution in [3.05, 3.63) is 23.8 Å². The fourth-order valence-electron chi connectivity index (χ4n) is 1.44. The lowest BCUT2D eigenvalue weighted by Crippen LogP contribution is -2.30. The molecule has 0 radical (unpaired) electrons. The van der Waals surface area contributed by atoms with Crippen molar-refractivity contribution in [3.8, 4) is 5.75 Å². The lowest BCUT2D eigenvalue weighted by Gasteiger charge is -2.10. The molecule has 20 heavy (non-hydrogen) atoms. The Hall–Kier alpha value is -2.06. The van der Waals surface area contributed by atoms with Crippen LogP contribution in [0.5, 0.6) is 5.75 Å². The van der Waals surface area contributed by atoms with E-state index in [1.165, 1.54) is 6.21 Å². The van der Waals surface area contributed by atoms with Gasteiger partial charge in [-0.2, -0.15) is 5.10 Å². The number of hydrogen-bond donors (Lipinski definition) is 4. The third-order valence-corrected chi connectivity index (χ3v) is 2.46. The number of nitrogens with zero attached hydrogens (tertiary/aromatic N) is 2. The molecule has 0 fully saturated rings. The normalized spacial score (nSPS) is 10.6. The number of ether oxygens (including phenoxy) is 1. The maximum Gasteiger partial charge on any atom is 0.488 e. The summed E-state index contributed by atoms with van der Waals surface area (Å²) < 4.78 is 5.60. The van der Waals surface area contributed by atoms with E-state index in [1.54, 1.807) is 18.2 Å². The second-order valence-corrected chi connectivity index (χ2v) is 4.14. The van der Waals surface area contributed by atoms with Crippen molar-refractivity contribution in [1.29, 1.82) is 0 Å². The first-order valence-corrected chi connectivity index (χ1v) is 6.29. The Morgan fingerprint density at radius 2 is 2.15 bits per heavy atom. The molecule has 0 bridgehead atoms. The van der Waals surface area contributed by atoms with Crippen LogP contribution in [0.1, 0.15) is 25.3 Å². The van der Waals surface area contributed by atoms with Crippen LogP contribution in [0.4, 0.5) is 0 Å². The van der Waals surface area contributed by atoms with Crippen molar-refractivity contribution >= 4 is 24.8 Å². The van der Waals surface area contributed by atoms with Crippen molar-refractivity contribution in [2.75, 3.05) is 6.61 Å². The zero-order valence-corrected chi connectivity index (χ0v) is 11.4. The van der Waals surface area contributed by atoms with Gasteiger partial charge in [-0.1, -0.05) is 19.4 Å². The summed E-state index contributed by atoms with van der Waals surface area (Å²) in [6, 6.07) is 4.78. The minimum Gasteiger partial charge on any atom is -0.493 e. The van der Waals surface area contributed by atoms with Gasteiger partial charge in [0.2, 0.25) is 5.96 Å². The molecule has 1 aromatic rings. The molecule has 0 aliphatic rings. The van der Waals surface area contributed by atoms with Crippen LogP contribution in [0.2, 0.25) is 0 Å². The first-order chi connectivity index (χ1) is 9.54. The highest BCUT2D eigenvalue weighted by Gasteiger charge is 2.13. The van der Waals surface area contributed by atoms with Crippen molar-refractivity contribution in [2.24, 2.45) is 21.7 Å². The van der Waals surface area contributed by atoms with Gasteiger partial charge < -0.3 is 26.3 Å². The Morgan fingerprint density at radius 1 is 1.40 bits per heavy atom. The fraction of sp³-hybridized carbons (Fsp3) is 0.333. The molecule has 0 unspecified atom stereocenters. The predicted octanol–water partition coefficient (Wildman–Crippen LogP) is -0.847. The number of unbranched alkanes of at least 4 members (excludes halogenated alkanes) is 1. The Bertz CT molecular complexity index is 488. The van der Waals surface area contributed by atoms with E-state index in [-0.39, 0.29) is 5.96 Å². The van der Waals surface area contributed by atoms with Crippen LogP contribution in [0.3, 0.4) is 0 Å². The lowest BCUT2D eigenvalue weighted by molar-refractivity contribution is 0.309. The Morgan fingerprint density at radius 3 is 2.75 bits per heavy atom. The zero-order valence-electron chi connectivity index (χ0n) is 11.4. The molecule has 0 aromatic heterocycles. The van der Waals surface area contributed by atoms with Crippen LogP contribution in [-0.4, -0.2) is 35.9 Å². The number of benzene rings is 1. The maximum atomic E-state index is 9.17. The van der Waals surface area contributed by atoms with Crippen LogP contribution in [0.25, 0.3) is 0 Å². The SMILES string of the molecule is CCCCOc1ccc(B(O)O)cc1C=NN=C(N)N. The maximum absolute atomic E-state index is 9.17. The first-order valence-electron chi connectivity index (χ1n) is 6.29. The summed E-state index contributed by atoms with van der Waals surface area (Å²) in [5, 5.41) is 25.5. The highest BCUT2D eigenvalue weighted by molar-refractivity contribution is 6.58. The molecule has 1 aromatic carbocycles. The molecule has 1 rings (SSSR count). The molecule has 0 atom stereocenters. The molecule has 0 saturated heterocycles. The van der Waals surface area contributed by atoms with Gasteiger partial charge in [0, 0.05) is 5.56 Å². The first kappa shape index (κ1) is 16.0. The molecular weight excluding hydrogens is 259 g/mol. The van der Waals surface area contributed by atoms with E-state index in [2.05, 4.69) is 17.1 Å². The zero-order chi connectivity index (χ0) is 15.0.